The SMILES string of the molecule is CS(=O)(=O)NCCC(=O)Nc1ccccc1NC12CC3CC(CC(C3)C1)C2. The maximum Gasteiger partial charge on any atom is 0.225 e. The largest absolute Gasteiger partial charge is 0.378 e. The summed E-state index contributed by atoms with van der Waals surface area (Å²) in [6.45, 7) is 0.106. The van der Waals surface area contributed by atoms with Crippen LogP contribution in [0.3, 0.4) is 0 Å². The standard InChI is InChI=1S/C20H29N3O3S/c1-27(25,26)21-7-6-19(24)22-17-4-2-3-5-18(17)23-20-11-14-8-15(12-20)10-16(9-14)13-20/h2-5,14-16,21,23H,6-13H2,1H3,(H,22,24). The molecule has 0 unspecified atom stereocenters. The molecule has 27 heavy (non-hydrogen) atoms. The van der Waals surface area contributed by atoms with E-state index in [0.29, 0.717) is 0 Å². The molecule has 0 aliphatic heterocycles. The Labute approximate surface area is 161 Å². The molecule has 5 rings (SSSR count). The number of benzene rings is 1. The first-order valence-corrected chi connectivity index (χ1v) is 11.8. The quantitative estimate of drug-likeness (QED) is 0.667. The van der Waals surface area contributed by atoms with Gasteiger partial charge in [0.15, 0.2) is 0 Å². The van der Waals surface area contributed by atoms with Crippen LogP contribution in [0, 0.1) is 17.8 Å². The smallest absolute Gasteiger partial charge is 0.225 e. The van der Waals surface area contributed by atoms with Crippen LogP contribution < -0.4 is 15.4 Å². The van der Waals surface area contributed by atoms with Gasteiger partial charge in [-0.2, -0.15) is 0 Å². The van der Waals surface area contributed by atoms with Crippen LogP contribution in [0.15, 0.2) is 24.3 Å². The van der Waals surface area contributed by atoms with E-state index in [1.807, 2.05) is 24.3 Å². The van der Waals surface area contributed by atoms with Crippen molar-refractivity contribution in [3.63, 3.8) is 0 Å². The highest BCUT2D eigenvalue weighted by Gasteiger charge is 2.51. The Kier molecular flexibility index (Phi) is 4.93. The van der Waals surface area contributed by atoms with E-state index in [1.165, 1.54) is 38.5 Å². The molecule has 0 atom stereocenters. The minimum absolute atomic E-state index is 0.106. The van der Waals surface area contributed by atoms with Crippen molar-refractivity contribution in [2.75, 3.05) is 23.4 Å². The molecule has 1 aromatic carbocycles. The first kappa shape index (κ1) is 18.7. The second kappa shape index (κ2) is 7.09. The lowest BCUT2D eigenvalue weighted by molar-refractivity contribution is -0.116. The summed E-state index contributed by atoms with van der Waals surface area (Å²) in [4.78, 5) is 12.2. The Hall–Kier alpha value is -1.60. The van der Waals surface area contributed by atoms with E-state index < -0.39 is 10.0 Å². The Balaban J connectivity index is 1.42. The van der Waals surface area contributed by atoms with Crippen LogP contribution >= 0.6 is 0 Å². The highest BCUT2D eigenvalue weighted by molar-refractivity contribution is 7.88. The van der Waals surface area contributed by atoms with Gasteiger partial charge in [-0.3, -0.25) is 4.79 Å². The maximum atomic E-state index is 12.2. The monoisotopic (exact) mass is 391 g/mol. The molecule has 4 fully saturated rings. The summed E-state index contributed by atoms with van der Waals surface area (Å²) in [5.41, 5.74) is 1.93. The zero-order chi connectivity index (χ0) is 19.1. The Morgan fingerprint density at radius 2 is 1.59 bits per heavy atom. The van der Waals surface area contributed by atoms with Crippen molar-refractivity contribution < 1.29 is 13.2 Å². The first-order valence-electron chi connectivity index (χ1n) is 9.92. The van der Waals surface area contributed by atoms with Gasteiger partial charge in [0.2, 0.25) is 15.9 Å². The van der Waals surface area contributed by atoms with Gasteiger partial charge in [-0.1, -0.05) is 12.1 Å². The summed E-state index contributed by atoms with van der Waals surface area (Å²) in [6.07, 6.45) is 9.10. The van der Waals surface area contributed by atoms with Crippen molar-refractivity contribution >= 4 is 27.3 Å². The van der Waals surface area contributed by atoms with E-state index in [-0.39, 0.29) is 24.4 Å². The van der Waals surface area contributed by atoms with Gasteiger partial charge in [-0.05, 0) is 68.4 Å². The minimum Gasteiger partial charge on any atom is -0.378 e. The lowest BCUT2D eigenvalue weighted by Gasteiger charge is -2.57. The molecule has 1 aromatic rings. The summed E-state index contributed by atoms with van der Waals surface area (Å²) in [5.74, 6) is 2.37. The maximum absolute atomic E-state index is 12.2. The van der Waals surface area contributed by atoms with Crippen molar-refractivity contribution in [2.45, 2.75) is 50.5 Å². The van der Waals surface area contributed by atoms with Gasteiger partial charge < -0.3 is 10.6 Å². The topological polar surface area (TPSA) is 87.3 Å². The molecule has 148 valence electrons. The lowest BCUT2D eigenvalue weighted by atomic mass is 9.53. The van der Waals surface area contributed by atoms with Crippen LogP contribution in [0.25, 0.3) is 0 Å². The Bertz CT molecular complexity index is 786. The third kappa shape index (κ3) is 4.46. The molecule has 4 aliphatic carbocycles. The number of carbonyl (C=O) groups excluding carboxylic acids is 1. The van der Waals surface area contributed by atoms with Crippen LogP contribution in [0.5, 0.6) is 0 Å². The van der Waals surface area contributed by atoms with Gasteiger partial charge in [0.25, 0.3) is 0 Å². The number of sulfonamides is 1. The molecule has 0 heterocycles. The molecule has 4 aliphatic rings. The average molecular weight is 392 g/mol. The first-order chi connectivity index (χ1) is 12.8. The number of rotatable bonds is 7. The molecular formula is C20H29N3O3S. The van der Waals surface area contributed by atoms with Crippen LogP contribution in [0.2, 0.25) is 0 Å². The van der Waals surface area contributed by atoms with Gasteiger partial charge in [-0.15, -0.1) is 0 Å². The molecule has 4 saturated carbocycles. The fourth-order valence-electron chi connectivity index (χ4n) is 5.81. The van der Waals surface area contributed by atoms with E-state index >= 15 is 0 Å². The molecular weight excluding hydrogens is 362 g/mol. The van der Waals surface area contributed by atoms with Gasteiger partial charge in [-0.25, -0.2) is 13.1 Å². The summed E-state index contributed by atoms with van der Waals surface area (Å²) in [6, 6.07) is 7.84. The van der Waals surface area contributed by atoms with Gasteiger partial charge in [0, 0.05) is 18.5 Å². The summed E-state index contributed by atoms with van der Waals surface area (Å²) in [7, 11) is -3.27. The molecule has 1 amide bonds. The fourth-order valence-corrected chi connectivity index (χ4v) is 6.29. The number of para-hydroxylation sites is 2. The molecule has 0 spiro atoms. The van der Waals surface area contributed by atoms with Crippen molar-refractivity contribution in [1.29, 1.82) is 0 Å². The zero-order valence-electron chi connectivity index (χ0n) is 15.8. The molecule has 7 heteroatoms. The van der Waals surface area contributed by atoms with Crippen LogP contribution in [0.1, 0.15) is 44.9 Å². The Morgan fingerprint density at radius 1 is 1.04 bits per heavy atom. The van der Waals surface area contributed by atoms with Crippen molar-refractivity contribution in [1.82, 2.24) is 4.72 Å². The summed E-state index contributed by atoms with van der Waals surface area (Å²) >= 11 is 0. The second-order valence-electron chi connectivity index (χ2n) is 8.83. The minimum atomic E-state index is -3.27. The third-order valence-electron chi connectivity index (χ3n) is 6.36. The zero-order valence-corrected chi connectivity index (χ0v) is 16.6. The molecule has 6 nitrogen and oxygen atoms in total. The van der Waals surface area contributed by atoms with Crippen molar-refractivity contribution in [2.24, 2.45) is 17.8 Å². The average Bonchev–Trinajstić information content (AvgIpc) is 2.54. The molecule has 0 aromatic heterocycles. The Morgan fingerprint density at radius 3 is 2.15 bits per heavy atom. The molecule has 0 saturated heterocycles. The van der Waals surface area contributed by atoms with Crippen LogP contribution in [-0.4, -0.2) is 32.7 Å². The number of hydrogen-bond acceptors (Lipinski definition) is 4. The van der Waals surface area contributed by atoms with Crippen molar-refractivity contribution in [3.8, 4) is 0 Å². The number of amides is 1. The van der Waals surface area contributed by atoms with Gasteiger partial charge in [0.1, 0.15) is 0 Å². The van der Waals surface area contributed by atoms with Gasteiger partial charge in [0.05, 0.1) is 17.6 Å². The van der Waals surface area contributed by atoms with Gasteiger partial charge >= 0.3 is 0 Å². The molecule has 0 radical (unpaired) electrons. The predicted octanol–water partition coefficient (Wildman–Crippen LogP) is 2.95. The van der Waals surface area contributed by atoms with E-state index in [4.69, 9.17) is 0 Å². The molecule has 3 N–H and O–H groups in total. The second-order valence-corrected chi connectivity index (χ2v) is 10.7. The summed E-state index contributed by atoms with van der Waals surface area (Å²) < 4.78 is 24.6. The van der Waals surface area contributed by atoms with Crippen LogP contribution in [0.4, 0.5) is 11.4 Å². The van der Waals surface area contributed by atoms with E-state index in [1.54, 1.807) is 0 Å². The third-order valence-corrected chi connectivity index (χ3v) is 7.08. The fraction of sp³-hybridized carbons (Fsp3) is 0.650. The number of carbonyl (C=O) groups is 1. The predicted molar refractivity (Wildman–Crippen MR) is 107 cm³/mol. The number of hydrogen-bond donors (Lipinski definition) is 3. The van der Waals surface area contributed by atoms with Crippen LogP contribution in [-0.2, 0) is 14.8 Å². The number of anilines is 2. The highest BCUT2D eigenvalue weighted by atomic mass is 32.2. The number of nitrogens with one attached hydrogen (secondary N) is 3. The van der Waals surface area contributed by atoms with Crippen molar-refractivity contribution in [3.05, 3.63) is 24.3 Å². The summed E-state index contributed by atoms with van der Waals surface area (Å²) in [5, 5.41) is 6.76. The highest BCUT2D eigenvalue weighted by Crippen LogP contribution is 2.56. The van der Waals surface area contributed by atoms with E-state index in [2.05, 4.69) is 15.4 Å². The lowest BCUT2D eigenvalue weighted by Crippen LogP contribution is -2.54. The van der Waals surface area contributed by atoms with E-state index in [0.717, 1.165) is 35.4 Å². The molecule has 4 bridgehead atoms. The normalized spacial score (nSPS) is 31.7. The van der Waals surface area contributed by atoms with E-state index in [9.17, 15) is 13.2 Å².